The Bertz CT molecular complexity index is 616. The zero-order valence-corrected chi connectivity index (χ0v) is 13.7. The first-order chi connectivity index (χ1) is 10.8. The SMILES string of the molecule is CC1=CCC(c2ccccc2C=NNC2CCCCC2)=C1C. The summed E-state index contributed by atoms with van der Waals surface area (Å²) in [7, 11) is 0. The van der Waals surface area contributed by atoms with E-state index in [1.54, 1.807) is 0 Å². The van der Waals surface area contributed by atoms with Crippen molar-refractivity contribution in [2.75, 3.05) is 0 Å². The number of rotatable bonds is 4. The van der Waals surface area contributed by atoms with E-state index < -0.39 is 0 Å². The molecule has 22 heavy (non-hydrogen) atoms. The molecule has 116 valence electrons. The van der Waals surface area contributed by atoms with Crippen LogP contribution >= 0.6 is 0 Å². The van der Waals surface area contributed by atoms with Crippen molar-refractivity contribution in [2.24, 2.45) is 5.10 Å². The number of allylic oxidation sites excluding steroid dienone is 4. The Hall–Kier alpha value is -1.83. The summed E-state index contributed by atoms with van der Waals surface area (Å²) in [5.74, 6) is 0. The van der Waals surface area contributed by atoms with Crippen LogP contribution in [-0.2, 0) is 0 Å². The minimum absolute atomic E-state index is 0.563. The zero-order valence-electron chi connectivity index (χ0n) is 13.7. The third-order valence-electron chi connectivity index (χ3n) is 5.01. The Morgan fingerprint density at radius 2 is 1.86 bits per heavy atom. The quantitative estimate of drug-likeness (QED) is 0.608. The number of hydrazone groups is 1. The maximum Gasteiger partial charge on any atom is 0.0546 e. The van der Waals surface area contributed by atoms with Gasteiger partial charge in [0.2, 0.25) is 0 Å². The molecule has 2 nitrogen and oxygen atoms in total. The maximum absolute atomic E-state index is 4.53. The van der Waals surface area contributed by atoms with Crippen molar-refractivity contribution in [3.63, 3.8) is 0 Å². The van der Waals surface area contributed by atoms with Crippen LogP contribution in [0.15, 0.2) is 46.6 Å². The first kappa shape index (κ1) is 15.1. The second-order valence-electron chi connectivity index (χ2n) is 6.50. The molecule has 0 spiro atoms. The lowest BCUT2D eigenvalue weighted by Crippen LogP contribution is -2.26. The fourth-order valence-corrected chi connectivity index (χ4v) is 3.44. The van der Waals surface area contributed by atoms with Gasteiger partial charge in [0, 0.05) is 11.6 Å². The molecule has 1 aromatic carbocycles. The summed E-state index contributed by atoms with van der Waals surface area (Å²) < 4.78 is 0. The van der Waals surface area contributed by atoms with Gasteiger partial charge in [-0.15, -0.1) is 0 Å². The van der Waals surface area contributed by atoms with E-state index in [4.69, 9.17) is 0 Å². The zero-order chi connectivity index (χ0) is 15.4. The number of nitrogens with one attached hydrogen (secondary N) is 1. The number of nitrogens with zero attached hydrogens (tertiary/aromatic N) is 1. The van der Waals surface area contributed by atoms with Gasteiger partial charge in [-0.1, -0.05) is 55.2 Å². The lowest BCUT2D eigenvalue weighted by Gasteiger charge is -2.20. The monoisotopic (exact) mass is 294 g/mol. The van der Waals surface area contributed by atoms with Crippen molar-refractivity contribution < 1.29 is 0 Å². The molecule has 1 N–H and O–H groups in total. The molecule has 2 aliphatic rings. The Morgan fingerprint density at radius 1 is 1.09 bits per heavy atom. The Balaban J connectivity index is 1.74. The van der Waals surface area contributed by atoms with Crippen LogP contribution in [0.1, 0.15) is 63.5 Å². The number of benzene rings is 1. The summed E-state index contributed by atoms with van der Waals surface area (Å²) in [5, 5.41) is 4.53. The molecule has 3 rings (SSSR count). The summed E-state index contributed by atoms with van der Waals surface area (Å²) >= 11 is 0. The molecule has 1 aromatic rings. The maximum atomic E-state index is 4.53. The molecule has 0 amide bonds. The molecule has 2 aliphatic carbocycles. The van der Waals surface area contributed by atoms with Gasteiger partial charge in [-0.25, -0.2) is 0 Å². The Morgan fingerprint density at radius 3 is 2.59 bits per heavy atom. The van der Waals surface area contributed by atoms with Crippen LogP contribution in [0.5, 0.6) is 0 Å². The molecule has 0 atom stereocenters. The normalized spacial score (nSPS) is 19.8. The number of hydrogen-bond acceptors (Lipinski definition) is 2. The average Bonchev–Trinajstić information content (AvgIpc) is 2.88. The predicted octanol–water partition coefficient (Wildman–Crippen LogP) is 5.07. The second kappa shape index (κ2) is 6.95. The van der Waals surface area contributed by atoms with Gasteiger partial charge in [0.1, 0.15) is 0 Å². The third-order valence-corrected chi connectivity index (χ3v) is 5.01. The smallest absolute Gasteiger partial charge is 0.0546 e. The minimum atomic E-state index is 0.563. The number of hydrogen-bond donors (Lipinski definition) is 1. The lowest BCUT2D eigenvalue weighted by atomic mass is 9.96. The van der Waals surface area contributed by atoms with Gasteiger partial charge in [-0.3, -0.25) is 0 Å². The topological polar surface area (TPSA) is 24.4 Å². The fourth-order valence-electron chi connectivity index (χ4n) is 3.44. The van der Waals surface area contributed by atoms with Crippen LogP contribution in [0.4, 0.5) is 0 Å². The van der Waals surface area contributed by atoms with Crippen molar-refractivity contribution in [2.45, 2.75) is 58.4 Å². The average molecular weight is 294 g/mol. The summed E-state index contributed by atoms with van der Waals surface area (Å²) in [5.41, 5.74) is 10.1. The van der Waals surface area contributed by atoms with Gasteiger partial charge < -0.3 is 5.43 Å². The van der Waals surface area contributed by atoms with Crippen LogP contribution in [-0.4, -0.2) is 12.3 Å². The van der Waals surface area contributed by atoms with Gasteiger partial charge in [0.25, 0.3) is 0 Å². The molecule has 2 heteroatoms. The van der Waals surface area contributed by atoms with E-state index in [1.807, 2.05) is 6.21 Å². The van der Waals surface area contributed by atoms with Crippen LogP contribution in [0.25, 0.3) is 5.57 Å². The predicted molar refractivity (Wildman–Crippen MR) is 95.0 cm³/mol. The molecule has 0 heterocycles. The van der Waals surface area contributed by atoms with Gasteiger partial charge in [0.15, 0.2) is 0 Å². The Labute approximate surface area is 134 Å². The van der Waals surface area contributed by atoms with Crippen LogP contribution in [0.2, 0.25) is 0 Å². The second-order valence-corrected chi connectivity index (χ2v) is 6.50. The molecule has 0 unspecified atom stereocenters. The molecule has 1 saturated carbocycles. The lowest BCUT2D eigenvalue weighted by molar-refractivity contribution is 0.381. The van der Waals surface area contributed by atoms with Crippen LogP contribution < -0.4 is 5.43 Å². The van der Waals surface area contributed by atoms with E-state index in [0.717, 1.165) is 6.42 Å². The van der Waals surface area contributed by atoms with E-state index in [1.165, 1.54) is 60.0 Å². The molecule has 0 aliphatic heterocycles. The largest absolute Gasteiger partial charge is 0.307 e. The first-order valence-corrected chi connectivity index (χ1v) is 8.50. The standard InChI is InChI=1S/C20H26N2/c1-15-12-13-19(16(15)2)20-11-7-6-8-17(20)14-21-22-18-9-4-3-5-10-18/h6-8,11-12,14,18,22H,3-5,9-10,13H2,1-2H3. The minimum Gasteiger partial charge on any atom is -0.307 e. The molecule has 1 fully saturated rings. The first-order valence-electron chi connectivity index (χ1n) is 8.50. The summed E-state index contributed by atoms with van der Waals surface area (Å²) in [6.07, 6.45) is 11.9. The van der Waals surface area contributed by atoms with E-state index in [2.05, 4.69) is 54.7 Å². The van der Waals surface area contributed by atoms with E-state index >= 15 is 0 Å². The van der Waals surface area contributed by atoms with E-state index in [-0.39, 0.29) is 0 Å². The van der Waals surface area contributed by atoms with Crippen molar-refractivity contribution in [1.82, 2.24) is 5.43 Å². The summed E-state index contributed by atoms with van der Waals surface area (Å²) in [6.45, 7) is 4.42. The molecule has 0 radical (unpaired) electrons. The summed E-state index contributed by atoms with van der Waals surface area (Å²) in [4.78, 5) is 0. The summed E-state index contributed by atoms with van der Waals surface area (Å²) in [6, 6.07) is 9.16. The third kappa shape index (κ3) is 3.32. The molecular formula is C20H26N2. The Kier molecular flexibility index (Phi) is 4.77. The van der Waals surface area contributed by atoms with E-state index in [0.29, 0.717) is 6.04 Å². The van der Waals surface area contributed by atoms with Crippen LogP contribution in [0.3, 0.4) is 0 Å². The highest BCUT2D eigenvalue weighted by molar-refractivity contribution is 5.90. The molecular weight excluding hydrogens is 268 g/mol. The van der Waals surface area contributed by atoms with Crippen molar-refractivity contribution in [3.05, 3.63) is 52.6 Å². The van der Waals surface area contributed by atoms with Crippen molar-refractivity contribution in [3.8, 4) is 0 Å². The highest BCUT2D eigenvalue weighted by atomic mass is 15.3. The van der Waals surface area contributed by atoms with Gasteiger partial charge in [0.05, 0.1) is 6.21 Å². The van der Waals surface area contributed by atoms with Crippen molar-refractivity contribution in [1.29, 1.82) is 0 Å². The van der Waals surface area contributed by atoms with Crippen LogP contribution in [0, 0.1) is 0 Å². The van der Waals surface area contributed by atoms with Gasteiger partial charge >= 0.3 is 0 Å². The molecule has 0 saturated heterocycles. The van der Waals surface area contributed by atoms with E-state index in [9.17, 15) is 0 Å². The fraction of sp³-hybridized carbons (Fsp3) is 0.450. The molecule has 0 bridgehead atoms. The van der Waals surface area contributed by atoms with Gasteiger partial charge in [-0.05, 0) is 49.8 Å². The van der Waals surface area contributed by atoms with Crippen molar-refractivity contribution >= 4 is 11.8 Å². The highest BCUT2D eigenvalue weighted by Gasteiger charge is 2.15. The highest BCUT2D eigenvalue weighted by Crippen LogP contribution is 2.34. The van der Waals surface area contributed by atoms with Gasteiger partial charge in [-0.2, -0.15) is 5.10 Å². The molecule has 0 aromatic heterocycles.